The monoisotopic (exact) mass is 389 g/mol. The predicted molar refractivity (Wildman–Crippen MR) is 119 cm³/mol. The SMILES string of the molecule is COC/C=C\c1c(C)c(-c2cc3c(Nc4ccccc4)ccnc3s2)cn1C. The minimum absolute atomic E-state index is 0.612. The normalized spacial score (nSPS) is 11.5. The zero-order valence-corrected chi connectivity index (χ0v) is 17.1. The van der Waals surface area contributed by atoms with Crippen LogP contribution in [0.2, 0.25) is 0 Å². The fraction of sp³-hybridized carbons (Fsp3) is 0.174. The molecule has 3 heterocycles. The summed E-state index contributed by atoms with van der Waals surface area (Å²) in [7, 11) is 3.79. The zero-order chi connectivity index (χ0) is 19.5. The van der Waals surface area contributed by atoms with Crippen molar-refractivity contribution in [3.8, 4) is 10.4 Å². The first-order valence-electron chi connectivity index (χ1n) is 9.19. The molecule has 0 aliphatic rings. The van der Waals surface area contributed by atoms with E-state index in [2.05, 4.69) is 59.3 Å². The number of ether oxygens (including phenoxy) is 1. The highest BCUT2D eigenvalue weighted by Gasteiger charge is 2.15. The van der Waals surface area contributed by atoms with Crippen LogP contribution in [0.1, 0.15) is 11.3 Å². The summed E-state index contributed by atoms with van der Waals surface area (Å²) in [5.74, 6) is 0. The fourth-order valence-corrected chi connectivity index (χ4v) is 4.46. The maximum atomic E-state index is 5.13. The Morgan fingerprint density at radius 1 is 1.21 bits per heavy atom. The number of methoxy groups -OCH3 is 1. The molecule has 0 unspecified atom stereocenters. The van der Waals surface area contributed by atoms with E-state index in [1.54, 1.807) is 18.4 Å². The molecule has 142 valence electrons. The summed E-state index contributed by atoms with van der Waals surface area (Å²) >= 11 is 1.73. The van der Waals surface area contributed by atoms with Crippen molar-refractivity contribution in [3.05, 3.63) is 72.2 Å². The van der Waals surface area contributed by atoms with Crippen molar-refractivity contribution >= 4 is 39.0 Å². The number of hydrogen-bond acceptors (Lipinski definition) is 4. The van der Waals surface area contributed by atoms with Gasteiger partial charge in [-0.25, -0.2) is 4.98 Å². The third-order valence-electron chi connectivity index (χ3n) is 4.78. The van der Waals surface area contributed by atoms with Crippen LogP contribution in [0.5, 0.6) is 0 Å². The lowest BCUT2D eigenvalue weighted by molar-refractivity contribution is 0.234. The van der Waals surface area contributed by atoms with E-state index in [-0.39, 0.29) is 0 Å². The molecule has 3 aromatic heterocycles. The second-order valence-electron chi connectivity index (χ2n) is 6.70. The van der Waals surface area contributed by atoms with E-state index in [4.69, 9.17) is 4.74 Å². The molecule has 0 radical (unpaired) electrons. The van der Waals surface area contributed by atoms with Gasteiger partial charge in [0.15, 0.2) is 0 Å². The molecular formula is C23H23N3OS. The van der Waals surface area contributed by atoms with Gasteiger partial charge in [-0.05, 0) is 42.8 Å². The van der Waals surface area contributed by atoms with Gasteiger partial charge in [-0.1, -0.05) is 24.3 Å². The molecule has 28 heavy (non-hydrogen) atoms. The number of pyridine rings is 1. The molecule has 0 aliphatic heterocycles. The van der Waals surface area contributed by atoms with Crippen LogP contribution in [0.3, 0.4) is 0 Å². The maximum absolute atomic E-state index is 5.13. The van der Waals surface area contributed by atoms with Gasteiger partial charge in [-0.15, -0.1) is 11.3 Å². The summed E-state index contributed by atoms with van der Waals surface area (Å²) in [5.41, 5.74) is 5.85. The molecule has 0 spiro atoms. The number of para-hydroxylation sites is 1. The molecule has 0 atom stereocenters. The fourth-order valence-electron chi connectivity index (χ4n) is 3.37. The quantitative estimate of drug-likeness (QED) is 0.439. The molecule has 4 rings (SSSR count). The lowest BCUT2D eigenvalue weighted by atomic mass is 10.1. The van der Waals surface area contributed by atoms with Gasteiger partial charge in [0.2, 0.25) is 0 Å². The Hall–Kier alpha value is -2.89. The van der Waals surface area contributed by atoms with Crippen LogP contribution in [-0.2, 0) is 11.8 Å². The van der Waals surface area contributed by atoms with Crippen LogP contribution in [0, 0.1) is 6.92 Å². The van der Waals surface area contributed by atoms with E-state index >= 15 is 0 Å². The maximum Gasteiger partial charge on any atom is 0.125 e. The number of fused-ring (bicyclic) bond motifs is 1. The highest BCUT2D eigenvalue weighted by atomic mass is 32.1. The number of hydrogen-bond donors (Lipinski definition) is 1. The zero-order valence-electron chi connectivity index (χ0n) is 16.3. The van der Waals surface area contributed by atoms with Crippen molar-refractivity contribution in [1.82, 2.24) is 9.55 Å². The highest BCUT2D eigenvalue weighted by Crippen LogP contribution is 2.39. The van der Waals surface area contributed by atoms with E-state index in [1.165, 1.54) is 21.7 Å². The molecule has 0 saturated carbocycles. The number of nitrogens with one attached hydrogen (secondary N) is 1. The number of nitrogens with zero attached hydrogens (tertiary/aromatic N) is 2. The molecule has 4 aromatic rings. The van der Waals surface area contributed by atoms with E-state index in [9.17, 15) is 0 Å². The van der Waals surface area contributed by atoms with Crippen LogP contribution in [-0.4, -0.2) is 23.3 Å². The lowest BCUT2D eigenvalue weighted by Crippen LogP contribution is -1.90. The van der Waals surface area contributed by atoms with Gasteiger partial charge in [-0.3, -0.25) is 0 Å². The minimum Gasteiger partial charge on any atom is -0.381 e. The summed E-state index contributed by atoms with van der Waals surface area (Å²) in [6.07, 6.45) is 8.22. The number of thiophene rings is 1. The smallest absolute Gasteiger partial charge is 0.125 e. The molecule has 5 heteroatoms. The van der Waals surface area contributed by atoms with Gasteiger partial charge in [-0.2, -0.15) is 0 Å². The van der Waals surface area contributed by atoms with Crippen molar-refractivity contribution < 1.29 is 4.74 Å². The van der Waals surface area contributed by atoms with Gasteiger partial charge in [0.1, 0.15) is 4.83 Å². The molecule has 0 amide bonds. The second kappa shape index (κ2) is 8.00. The number of aromatic nitrogens is 2. The Bertz CT molecular complexity index is 1130. The largest absolute Gasteiger partial charge is 0.381 e. The Morgan fingerprint density at radius 3 is 2.82 bits per heavy atom. The Labute approximate surface area is 169 Å². The van der Waals surface area contributed by atoms with Crippen molar-refractivity contribution in [2.45, 2.75) is 6.92 Å². The van der Waals surface area contributed by atoms with E-state index in [1.807, 2.05) is 36.5 Å². The lowest BCUT2D eigenvalue weighted by Gasteiger charge is -2.06. The number of benzene rings is 1. The summed E-state index contributed by atoms with van der Waals surface area (Å²) in [5, 5.41) is 4.66. The molecule has 1 aromatic carbocycles. The van der Waals surface area contributed by atoms with Crippen LogP contribution in [0.4, 0.5) is 11.4 Å². The third kappa shape index (κ3) is 3.59. The van der Waals surface area contributed by atoms with Gasteiger partial charge in [0.25, 0.3) is 0 Å². The molecule has 0 bridgehead atoms. The topological polar surface area (TPSA) is 39.1 Å². The molecule has 1 N–H and O–H groups in total. The first kappa shape index (κ1) is 18.5. The highest BCUT2D eigenvalue weighted by molar-refractivity contribution is 7.22. The van der Waals surface area contributed by atoms with Crippen molar-refractivity contribution in [2.24, 2.45) is 7.05 Å². The van der Waals surface area contributed by atoms with Crippen molar-refractivity contribution in [2.75, 3.05) is 19.0 Å². The standard InChI is InChI=1S/C23H23N3OS/c1-16-19(15-26(2)21(16)10-7-13-27-3)22-14-18-20(11-12-24-23(18)28-22)25-17-8-5-4-6-9-17/h4-12,14-15H,13H2,1-3H3,(H,24,25)/b10-7-. The van der Waals surface area contributed by atoms with E-state index in [0.29, 0.717) is 6.61 Å². The first-order chi connectivity index (χ1) is 13.7. The van der Waals surface area contributed by atoms with Gasteiger partial charge in [0.05, 0.1) is 12.3 Å². The summed E-state index contributed by atoms with van der Waals surface area (Å²) in [4.78, 5) is 6.85. The minimum atomic E-state index is 0.612. The van der Waals surface area contributed by atoms with Crippen molar-refractivity contribution in [3.63, 3.8) is 0 Å². The second-order valence-corrected chi connectivity index (χ2v) is 7.73. The third-order valence-corrected chi connectivity index (χ3v) is 5.86. The molecule has 0 saturated heterocycles. The molecular weight excluding hydrogens is 366 g/mol. The molecule has 0 fully saturated rings. The predicted octanol–water partition coefficient (Wildman–Crippen LogP) is 6.01. The van der Waals surface area contributed by atoms with Crippen LogP contribution < -0.4 is 5.32 Å². The van der Waals surface area contributed by atoms with E-state index in [0.717, 1.165) is 21.6 Å². The van der Waals surface area contributed by atoms with Crippen LogP contribution >= 0.6 is 11.3 Å². The Kier molecular flexibility index (Phi) is 5.28. The molecule has 4 nitrogen and oxygen atoms in total. The summed E-state index contributed by atoms with van der Waals surface area (Å²) in [6, 6.07) is 14.5. The van der Waals surface area contributed by atoms with Gasteiger partial charge >= 0.3 is 0 Å². The van der Waals surface area contributed by atoms with Gasteiger partial charge in [0, 0.05) is 53.8 Å². The van der Waals surface area contributed by atoms with Gasteiger partial charge < -0.3 is 14.6 Å². The summed E-state index contributed by atoms with van der Waals surface area (Å²) < 4.78 is 7.29. The average molecular weight is 390 g/mol. The van der Waals surface area contributed by atoms with E-state index < -0.39 is 0 Å². The first-order valence-corrected chi connectivity index (χ1v) is 10.0. The van der Waals surface area contributed by atoms with Crippen LogP contribution in [0.25, 0.3) is 26.7 Å². The average Bonchev–Trinajstić information content (AvgIpc) is 3.25. The van der Waals surface area contributed by atoms with Crippen molar-refractivity contribution in [1.29, 1.82) is 0 Å². The Morgan fingerprint density at radius 2 is 2.04 bits per heavy atom. The number of aryl methyl sites for hydroxylation is 1. The van der Waals surface area contributed by atoms with Crippen LogP contribution in [0.15, 0.2) is 60.9 Å². The molecule has 0 aliphatic carbocycles. The Balaban J connectivity index is 1.73. The number of rotatable bonds is 6. The summed E-state index contributed by atoms with van der Waals surface area (Å²) in [6.45, 7) is 2.78. The number of anilines is 2.